The third-order valence-electron chi connectivity index (χ3n) is 6.11. The third-order valence-corrected chi connectivity index (χ3v) is 6.38. The van der Waals surface area contributed by atoms with Gasteiger partial charge < -0.3 is 19.9 Å². The number of aromatic nitrogens is 3. The lowest BCUT2D eigenvalue weighted by Gasteiger charge is -2.33. The molecule has 2 amide bonds. The van der Waals surface area contributed by atoms with Crippen molar-refractivity contribution in [2.24, 2.45) is 0 Å². The van der Waals surface area contributed by atoms with E-state index in [-0.39, 0.29) is 29.9 Å². The van der Waals surface area contributed by atoms with E-state index in [0.717, 1.165) is 12.8 Å². The van der Waals surface area contributed by atoms with Crippen LogP contribution >= 0.6 is 11.6 Å². The number of likely N-dealkylation sites (N-methyl/N-ethyl adjacent to an activating group) is 1. The molecule has 1 fully saturated rings. The molecule has 9 nitrogen and oxygen atoms in total. The molecule has 0 saturated carbocycles. The van der Waals surface area contributed by atoms with Gasteiger partial charge in [-0.05, 0) is 39.7 Å². The normalized spacial score (nSPS) is 16.6. The van der Waals surface area contributed by atoms with Gasteiger partial charge in [-0.1, -0.05) is 11.6 Å². The summed E-state index contributed by atoms with van der Waals surface area (Å²) >= 11 is 6.39. The van der Waals surface area contributed by atoms with Crippen molar-refractivity contribution in [1.29, 1.82) is 0 Å². The van der Waals surface area contributed by atoms with Crippen molar-refractivity contribution < 1.29 is 14.3 Å². The number of fused-ring (bicyclic) bond motifs is 1. The molecule has 1 saturated heterocycles. The summed E-state index contributed by atoms with van der Waals surface area (Å²) in [6.07, 6.45) is 4.98. The molecule has 0 radical (unpaired) electrons. The van der Waals surface area contributed by atoms with Crippen molar-refractivity contribution in [2.75, 3.05) is 32.1 Å². The minimum Gasteiger partial charge on any atom is -0.381 e. The number of carbonyl (C=O) groups excluding carboxylic acids is 2. The van der Waals surface area contributed by atoms with Crippen LogP contribution in [0.1, 0.15) is 49.7 Å². The maximum atomic E-state index is 13.0. The van der Waals surface area contributed by atoms with Crippen molar-refractivity contribution in [2.45, 2.75) is 51.7 Å². The lowest BCUT2D eigenvalue weighted by atomic mass is 10.1. The van der Waals surface area contributed by atoms with Crippen LogP contribution in [0.3, 0.4) is 0 Å². The number of rotatable bonds is 5. The Morgan fingerprint density at radius 2 is 2.00 bits per heavy atom. The van der Waals surface area contributed by atoms with Crippen LogP contribution in [0.25, 0.3) is 11.3 Å². The number of pyridine rings is 1. The monoisotopic (exact) mass is 472 g/mol. The number of carbonyl (C=O) groups is 2. The van der Waals surface area contributed by atoms with E-state index in [1.54, 1.807) is 30.4 Å². The molecule has 4 heterocycles. The van der Waals surface area contributed by atoms with Crippen LogP contribution in [-0.2, 0) is 16.1 Å². The summed E-state index contributed by atoms with van der Waals surface area (Å²) in [6, 6.07) is 1.99. The van der Waals surface area contributed by atoms with E-state index in [1.165, 1.54) is 4.90 Å². The molecule has 0 spiro atoms. The van der Waals surface area contributed by atoms with E-state index in [0.29, 0.717) is 53.2 Å². The van der Waals surface area contributed by atoms with Gasteiger partial charge in [-0.15, -0.1) is 0 Å². The largest absolute Gasteiger partial charge is 0.381 e. The van der Waals surface area contributed by atoms with Crippen LogP contribution in [0.4, 0.5) is 5.95 Å². The van der Waals surface area contributed by atoms with E-state index in [1.807, 2.05) is 20.8 Å². The maximum Gasteiger partial charge on any atom is 0.256 e. The first-order valence-corrected chi connectivity index (χ1v) is 11.4. The smallest absolute Gasteiger partial charge is 0.256 e. The van der Waals surface area contributed by atoms with E-state index >= 15 is 0 Å². The molecular weight excluding hydrogens is 444 g/mol. The Kier molecular flexibility index (Phi) is 6.54. The summed E-state index contributed by atoms with van der Waals surface area (Å²) in [6.45, 7) is 7.58. The van der Waals surface area contributed by atoms with Crippen LogP contribution in [-0.4, -0.2) is 75.0 Å². The van der Waals surface area contributed by atoms with Gasteiger partial charge in [0.2, 0.25) is 11.9 Å². The lowest BCUT2D eigenvalue weighted by molar-refractivity contribution is -0.134. The average molecular weight is 473 g/mol. The summed E-state index contributed by atoms with van der Waals surface area (Å²) in [4.78, 5) is 42.2. The quantitative estimate of drug-likeness (QED) is 0.713. The van der Waals surface area contributed by atoms with Gasteiger partial charge in [0.15, 0.2) is 0 Å². The minimum atomic E-state index is -0.321. The zero-order chi connectivity index (χ0) is 23.8. The van der Waals surface area contributed by atoms with Gasteiger partial charge in [-0.25, -0.2) is 9.97 Å². The molecule has 33 heavy (non-hydrogen) atoms. The molecule has 2 aliphatic rings. The second kappa shape index (κ2) is 9.23. The van der Waals surface area contributed by atoms with Gasteiger partial charge >= 0.3 is 0 Å². The summed E-state index contributed by atoms with van der Waals surface area (Å²) in [5, 5.41) is 3.71. The first kappa shape index (κ1) is 23.4. The highest BCUT2D eigenvalue weighted by atomic mass is 35.5. The van der Waals surface area contributed by atoms with Crippen LogP contribution in [0.2, 0.25) is 5.02 Å². The Balaban J connectivity index is 1.52. The molecule has 0 aliphatic carbocycles. The average Bonchev–Trinajstić information content (AvgIpc) is 3.09. The summed E-state index contributed by atoms with van der Waals surface area (Å²) in [5.74, 6) is 0.137. The number of amides is 2. The highest BCUT2D eigenvalue weighted by molar-refractivity contribution is 6.32. The number of hydrogen-bond acceptors (Lipinski definition) is 7. The Hall–Kier alpha value is -2.78. The van der Waals surface area contributed by atoms with Gasteiger partial charge in [0, 0.05) is 43.6 Å². The summed E-state index contributed by atoms with van der Waals surface area (Å²) < 4.78 is 5.39. The predicted molar refractivity (Wildman–Crippen MR) is 125 cm³/mol. The maximum absolute atomic E-state index is 13.0. The SMILES string of the molecule is CN(C(=O)CN1Cc2ncc(-c3nc(NC4CCOCC4)ncc3Cl)cc2C1=O)C(C)(C)C. The predicted octanol–water partition coefficient (Wildman–Crippen LogP) is 3.00. The van der Waals surface area contributed by atoms with Crippen molar-refractivity contribution in [1.82, 2.24) is 24.8 Å². The van der Waals surface area contributed by atoms with Crippen molar-refractivity contribution in [3.8, 4) is 11.3 Å². The first-order valence-electron chi connectivity index (χ1n) is 11.1. The standard InChI is InChI=1S/C23H29ClN6O3/c1-23(2,3)29(4)19(31)13-30-12-18-16(21(30)32)9-14(10-25-18)20-17(24)11-26-22(28-20)27-15-5-7-33-8-6-15/h9-11,15H,5-8,12-13H2,1-4H3,(H,26,27,28). The number of nitrogens with one attached hydrogen (secondary N) is 1. The number of ether oxygens (including phenoxy) is 1. The highest BCUT2D eigenvalue weighted by Gasteiger charge is 2.33. The summed E-state index contributed by atoms with van der Waals surface area (Å²) in [7, 11) is 1.75. The molecule has 2 aliphatic heterocycles. The molecule has 176 valence electrons. The van der Waals surface area contributed by atoms with Crippen LogP contribution in [0.5, 0.6) is 0 Å². The highest BCUT2D eigenvalue weighted by Crippen LogP contribution is 2.30. The number of anilines is 1. The Morgan fingerprint density at radius 1 is 1.27 bits per heavy atom. The van der Waals surface area contributed by atoms with Crippen molar-refractivity contribution in [3.63, 3.8) is 0 Å². The van der Waals surface area contributed by atoms with Gasteiger partial charge in [-0.2, -0.15) is 0 Å². The topological polar surface area (TPSA) is 101 Å². The van der Waals surface area contributed by atoms with Crippen LogP contribution in [0.15, 0.2) is 18.5 Å². The van der Waals surface area contributed by atoms with Gasteiger partial charge in [0.05, 0.1) is 34.7 Å². The number of nitrogens with zero attached hydrogens (tertiary/aromatic N) is 5. The molecule has 0 unspecified atom stereocenters. The van der Waals surface area contributed by atoms with Crippen molar-refractivity contribution >= 4 is 29.4 Å². The first-order chi connectivity index (χ1) is 15.6. The summed E-state index contributed by atoms with van der Waals surface area (Å²) in [5.41, 5.74) is 1.92. The molecular formula is C23H29ClN6O3. The molecule has 0 bridgehead atoms. The lowest BCUT2D eigenvalue weighted by Crippen LogP contribution is -2.47. The number of halogens is 1. The van der Waals surface area contributed by atoms with Gasteiger partial charge in [0.1, 0.15) is 6.54 Å². The van der Waals surface area contributed by atoms with Crippen molar-refractivity contribution in [3.05, 3.63) is 34.7 Å². The molecule has 2 aromatic rings. The zero-order valence-corrected chi connectivity index (χ0v) is 20.1. The van der Waals surface area contributed by atoms with Crippen LogP contribution < -0.4 is 5.32 Å². The van der Waals surface area contributed by atoms with E-state index in [2.05, 4.69) is 20.3 Å². The molecule has 1 N–H and O–H groups in total. The molecule has 0 atom stereocenters. The molecule has 2 aromatic heterocycles. The number of hydrogen-bond donors (Lipinski definition) is 1. The second-order valence-electron chi connectivity index (χ2n) is 9.42. The fourth-order valence-corrected chi connectivity index (χ4v) is 3.99. The Bertz CT molecular complexity index is 1060. The second-order valence-corrected chi connectivity index (χ2v) is 9.83. The van der Waals surface area contributed by atoms with Crippen LogP contribution in [0, 0.1) is 0 Å². The van der Waals surface area contributed by atoms with Gasteiger partial charge in [-0.3, -0.25) is 14.6 Å². The zero-order valence-electron chi connectivity index (χ0n) is 19.4. The molecule has 0 aromatic carbocycles. The fourth-order valence-electron chi connectivity index (χ4n) is 3.79. The molecule has 4 rings (SSSR count). The minimum absolute atomic E-state index is 0.00569. The molecule has 10 heteroatoms. The van der Waals surface area contributed by atoms with E-state index < -0.39 is 0 Å². The Morgan fingerprint density at radius 3 is 2.70 bits per heavy atom. The third kappa shape index (κ3) is 5.09. The van der Waals surface area contributed by atoms with E-state index in [9.17, 15) is 9.59 Å². The fraction of sp³-hybridized carbons (Fsp3) is 0.522. The Labute approximate surface area is 198 Å². The van der Waals surface area contributed by atoms with Gasteiger partial charge in [0.25, 0.3) is 5.91 Å². The van der Waals surface area contributed by atoms with E-state index in [4.69, 9.17) is 16.3 Å².